The first-order valence-electron chi connectivity index (χ1n) is 9.83. The summed E-state index contributed by atoms with van der Waals surface area (Å²) in [6.07, 6.45) is -0.711. The zero-order valence-corrected chi connectivity index (χ0v) is 19.3. The molecule has 2 aromatic rings. The predicted octanol–water partition coefficient (Wildman–Crippen LogP) is 0.320. The molecule has 0 bridgehead atoms. The predicted molar refractivity (Wildman–Crippen MR) is 115 cm³/mol. The molecular formula is C18H24IN7O4. The second-order valence-electron chi connectivity index (χ2n) is 8.35. The summed E-state index contributed by atoms with van der Waals surface area (Å²) >= 11 is 2.09. The summed E-state index contributed by atoms with van der Waals surface area (Å²) in [6.45, 7) is 5.56. The highest BCUT2D eigenvalue weighted by Gasteiger charge is 2.58. The van der Waals surface area contributed by atoms with Crippen molar-refractivity contribution in [1.82, 2.24) is 29.7 Å². The topological polar surface area (TPSA) is 116 Å². The minimum Gasteiger partial charge on any atom is -0.363 e. The van der Waals surface area contributed by atoms with Crippen LogP contribution in [-0.2, 0) is 19.0 Å². The molecule has 12 heteroatoms. The molecular weight excluding hydrogens is 505 g/mol. The number of carbonyl (C=O) groups is 1. The van der Waals surface area contributed by atoms with Crippen molar-refractivity contribution >= 4 is 45.5 Å². The summed E-state index contributed by atoms with van der Waals surface area (Å²) < 4.78 is 20.6. The highest BCUT2D eigenvalue weighted by Crippen LogP contribution is 2.44. The van der Waals surface area contributed by atoms with Gasteiger partial charge in [0.25, 0.3) is 5.91 Å². The Kier molecular flexibility index (Phi) is 4.89. The van der Waals surface area contributed by atoms with Crippen LogP contribution in [0.2, 0.25) is 0 Å². The smallest absolute Gasteiger partial charge is 0.251 e. The fourth-order valence-corrected chi connectivity index (χ4v) is 4.78. The number of fused-ring (bicyclic) bond motifs is 2. The van der Waals surface area contributed by atoms with Gasteiger partial charge < -0.3 is 29.7 Å². The lowest BCUT2D eigenvalue weighted by atomic mass is 10.1. The van der Waals surface area contributed by atoms with E-state index >= 15 is 0 Å². The molecule has 2 N–H and O–H groups in total. The van der Waals surface area contributed by atoms with Crippen LogP contribution in [0.25, 0.3) is 11.2 Å². The van der Waals surface area contributed by atoms with Crippen LogP contribution in [0, 0.1) is 3.83 Å². The van der Waals surface area contributed by atoms with Gasteiger partial charge in [-0.05, 0) is 20.9 Å². The van der Waals surface area contributed by atoms with E-state index in [9.17, 15) is 4.79 Å². The Hall–Kier alpha value is -1.61. The van der Waals surface area contributed by atoms with E-state index in [0.717, 1.165) is 13.1 Å². The molecule has 0 radical (unpaired) electrons. The van der Waals surface area contributed by atoms with Gasteiger partial charge in [-0.1, -0.05) is 0 Å². The molecule has 11 nitrogen and oxygen atoms in total. The fourth-order valence-electron chi connectivity index (χ4n) is 4.31. The SMILES string of the molecule is CNC(=O)[C@H]1O[C@@H](n2cnc3c(NC4CN(C)C4)nc(I)nc32)[C@@H]2OC(C)(C)O[C@@H]21. The summed E-state index contributed by atoms with van der Waals surface area (Å²) in [5.74, 6) is -0.367. The molecule has 3 aliphatic rings. The van der Waals surface area contributed by atoms with Gasteiger partial charge in [-0.3, -0.25) is 9.36 Å². The van der Waals surface area contributed by atoms with Gasteiger partial charge in [0, 0.05) is 42.7 Å². The highest BCUT2D eigenvalue weighted by atomic mass is 127. The summed E-state index contributed by atoms with van der Waals surface area (Å²) in [5, 5.41) is 6.10. The third-order valence-electron chi connectivity index (χ3n) is 5.61. The number of aromatic nitrogens is 4. The third kappa shape index (κ3) is 3.34. The number of hydrogen-bond acceptors (Lipinski definition) is 9. The first-order chi connectivity index (χ1) is 14.3. The Morgan fingerprint density at radius 3 is 2.70 bits per heavy atom. The van der Waals surface area contributed by atoms with Crippen molar-refractivity contribution in [2.24, 2.45) is 0 Å². The zero-order valence-electron chi connectivity index (χ0n) is 17.1. The number of likely N-dealkylation sites (N-methyl/N-ethyl adjacent to an activating group) is 2. The molecule has 162 valence electrons. The molecule has 1 amide bonds. The fraction of sp³-hybridized carbons (Fsp3) is 0.667. The van der Waals surface area contributed by atoms with Crippen molar-refractivity contribution in [3.05, 3.63) is 10.2 Å². The molecule has 0 unspecified atom stereocenters. The van der Waals surface area contributed by atoms with Crippen LogP contribution in [0.5, 0.6) is 0 Å². The Balaban J connectivity index is 1.51. The van der Waals surface area contributed by atoms with Gasteiger partial charge in [0.05, 0.1) is 12.4 Å². The molecule has 2 aromatic heterocycles. The van der Waals surface area contributed by atoms with Crippen LogP contribution in [0.15, 0.2) is 6.33 Å². The van der Waals surface area contributed by atoms with E-state index in [4.69, 9.17) is 14.2 Å². The van der Waals surface area contributed by atoms with Crippen LogP contribution in [0.1, 0.15) is 20.1 Å². The van der Waals surface area contributed by atoms with E-state index in [1.807, 2.05) is 18.4 Å². The van der Waals surface area contributed by atoms with Crippen LogP contribution in [0.4, 0.5) is 5.82 Å². The number of likely N-dealkylation sites (tertiary alicyclic amines) is 1. The number of anilines is 1. The van der Waals surface area contributed by atoms with Crippen molar-refractivity contribution < 1.29 is 19.0 Å². The number of carbonyl (C=O) groups excluding carboxylic acids is 1. The maximum atomic E-state index is 12.4. The quantitative estimate of drug-likeness (QED) is 0.427. The maximum Gasteiger partial charge on any atom is 0.251 e. The van der Waals surface area contributed by atoms with Crippen molar-refractivity contribution in [3.8, 4) is 0 Å². The van der Waals surface area contributed by atoms with Gasteiger partial charge in [-0.2, -0.15) is 0 Å². The highest BCUT2D eigenvalue weighted by molar-refractivity contribution is 14.1. The molecule has 3 fully saturated rings. The van der Waals surface area contributed by atoms with Crippen molar-refractivity contribution in [3.63, 3.8) is 0 Å². The number of halogens is 1. The lowest BCUT2D eigenvalue weighted by Crippen LogP contribution is -2.52. The molecule has 5 rings (SSSR count). The van der Waals surface area contributed by atoms with Crippen LogP contribution >= 0.6 is 22.6 Å². The van der Waals surface area contributed by atoms with Crippen molar-refractivity contribution in [2.75, 3.05) is 32.5 Å². The van der Waals surface area contributed by atoms with Crippen LogP contribution in [0.3, 0.4) is 0 Å². The number of imidazole rings is 1. The largest absolute Gasteiger partial charge is 0.363 e. The van der Waals surface area contributed by atoms with E-state index in [2.05, 4.69) is 60.1 Å². The number of ether oxygens (including phenoxy) is 3. The van der Waals surface area contributed by atoms with Gasteiger partial charge in [-0.15, -0.1) is 0 Å². The van der Waals surface area contributed by atoms with E-state index in [-0.39, 0.29) is 5.91 Å². The lowest BCUT2D eigenvalue weighted by molar-refractivity contribution is -0.197. The summed E-state index contributed by atoms with van der Waals surface area (Å²) in [4.78, 5) is 28.3. The Morgan fingerprint density at radius 1 is 1.27 bits per heavy atom. The molecule has 0 saturated carbocycles. The minimum atomic E-state index is -0.813. The van der Waals surface area contributed by atoms with Crippen molar-refractivity contribution in [2.45, 2.75) is 50.2 Å². The second-order valence-corrected chi connectivity index (χ2v) is 9.32. The number of nitrogens with zero attached hydrogens (tertiary/aromatic N) is 5. The number of nitrogens with one attached hydrogen (secondary N) is 2. The van der Waals surface area contributed by atoms with Crippen molar-refractivity contribution in [1.29, 1.82) is 0 Å². The van der Waals surface area contributed by atoms with Gasteiger partial charge in [0.1, 0.15) is 12.2 Å². The first-order valence-corrected chi connectivity index (χ1v) is 10.9. The number of hydrogen-bond donors (Lipinski definition) is 2. The maximum absolute atomic E-state index is 12.4. The van der Waals surface area contributed by atoms with Crippen LogP contribution < -0.4 is 10.6 Å². The normalized spacial score (nSPS) is 31.0. The third-order valence-corrected chi connectivity index (χ3v) is 6.09. The molecule has 0 aliphatic carbocycles. The Morgan fingerprint density at radius 2 is 2.00 bits per heavy atom. The summed E-state index contributed by atoms with van der Waals surface area (Å²) in [7, 11) is 3.65. The monoisotopic (exact) mass is 529 g/mol. The van der Waals surface area contributed by atoms with E-state index in [1.54, 1.807) is 13.4 Å². The van der Waals surface area contributed by atoms with Gasteiger partial charge in [0.15, 0.2) is 38.9 Å². The van der Waals surface area contributed by atoms with Gasteiger partial charge in [0.2, 0.25) is 0 Å². The van der Waals surface area contributed by atoms with Crippen LogP contribution in [-0.4, -0.2) is 87.7 Å². The summed E-state index contributed by atoms with van der Waals surface area (Å²) in [5.41, 5.74) is 1.28. The van der Waals surface area contributed by atoms with Gasteiger partial charge >= 0.3 is 0 Å². The van der Waals surface area contributed by atoms with Gasteiger partial charge in [-0.25, -0.2) is 15.0 Å². The molecule has 30 heavy (non-hydrogen) atoms. The average Bonchev–Trinajstić information content (AvgIpc) is 3.30. The van der Waals surface area contributed by atoms with E-state index < -0.39 is 30.3 Å². The molecule has 3 aliphatic heterocycles. The molecule has 5 heterocycles. The second kappa shape index (κ2) is 7.22. The first kappa shape index (κ1) is 20.3. The molecule has 0 aromatic carbocycles. The molecule has 0 spiro atoms. The number of rotatable bonds is 4. The zero-order chi connectivity index (χ0) is 21.2. The standard InChI is InChI=1S/C18H24IN7O4/c1-18(2)29-10-11(15(27)20-3)28-16(12(10)30-18)26-7-21-9-13(22-8-5-25(4)6-8)23-17(19)24-14(9)26/h7-8,10-12,16H,5-6H2,1-4H3,(H,20,27)(H,22,23,24)/t10-,11+,12-,16-/m1/s1. The summed E-state index contributed by atoms with van der Waals surface area (Å²) in [6, 6.07) is 0.325. The van der Waals surface area contributed by atoms with E-state index in [0.29, 0.717) is 26.9 Å². The Labute approximate surface area is 187 Å². The minimum absolute atomic E-state index is 0.251. The van der Waals surface area contributed by atoms with E-state index in [1.165, 1.54) is 0 Å². The average molecular weight is 529 g/mol. The lowest BCUT2D eigenvalue weighted by Gasteiger charge is -2.36. The Bertz CT molecular complexity index is 992. The number of amides is 1. The molecule has 3 saturated heterocycles. The molecule has 4 atom stereocenters.